The van der Waals surface area contributed by atoms with Gasteiger partial charge in [0, 0.05) is 44.2 Å². The van der Waals surface area contributed by atoms with Crippen molar-refractivity contribution in [2.45, 2.75) is 45.1 Å². The summed E-state index contributed by atoms with van der Waals surface area (Å²) in [7, 11) is 0. The van der Waals surface area contributed by atoms with Gasteiger partial charge in [0.1, 0.15) is 0 Å². The number of halogens is 4. The van der Waals surface area contributed by atoms with Crippen LogP contribution in [0.5, 0.6) is 0 Å². The van der Waals surface area contributed by atoms with Crippen molar-refractivity contribution in [1.82, 2.24) is 9.80 Å². The molecule has 2 aliphatic heterocycles. The van der Waals surface area contributed by atoms with Crippen LogP contribution in [-0.4, -0.2) is 66.9 Å². The van der Waals surface area contributed by atoms with E-state index in [-0.39, 0.29) is 42.5 Å². The van der Waals surface area contributed by atoms with Crippen LogP contribution in [0.15, 0.2) is 18.2 Å². The van der Waals surface area contributed by atoms with Crippen molar-refractivity contribution < 1.29 is 9.59 Å². The van der Waals surface area contributed by atoms with Gasteiger partial charge in [-0.3, -0.25) is 9.59 Å². The number of piperidine rings is 2. The van der Waals surface area contributed by atoms with Gasteiger partial charge in [-0.05, 0) is 69.9 Å². The Hall–Kier alpha value is -0.760. The van der Waals surface area contributed by atoms with Crippen LogP contribution in [0.2, 0.25) is 10.0 Å². The van der Waals surface area contributed by atoms with E-state index in [0.29, 0.717) is 48.6 Å². The Balaban J connectivity index is 0.00000256. The summed E-state index contributed by atoms with van der Waals surface area (Å²) >= 11 is 12.3. The Morgan fingerprint density at radius 1 is 1.03 bits per heavy atom. The van der Waals surface area contributed by atoms with Crippen LogP contribution >= 0.6 is 48.0 Å². The van der Waals surface area contributed by atoms with Crippen molar-refractivity contribution in [3.05, 3.63) is 28.2 Å². The monoisotopic (exact) mass is 526 g/mol. The average molecular weight is 528 g/mol. The highest BCUT2D eigenvalue weighted by Gasteiger charge is 2.30. The quantitative estimate of drug-likeness (QED) is 0.600. The number of likely N-dealkylation sites (tertiary alicyclic amines) is 2. The Morgan fingerprint density at radius 2 is 1.66 bits per heavy atom. The summed E-state index contributed by atoms with van der Waals surface area (Å²) in [5.41, 5.74) is 6.78. The minimum absolute atomic E-state index is 0. The fourth-order valence-electron chi connectivity index (χ4n) is 4.31. The molecule has 10 heteroatoms. The zero-order chi connectivity index (χ0) is 21.7. The van der Waals surface area contributed by atoms with Crippen LogP contribution < -0.4 is 10.6 Å². The maximum absolute atomic E-state index is 13.4. The van der Waals surface area contributed by atoms with Gasteiger partial charge in [0.05, 0.1) is 10.0 Å². The third-order valence-corrected chi connectivity index (χ3v) is 7.00. The van der Waals surface area contributed by atoms with Crippen molar-refractivity contribution in [3.63, 3.8) is 0 Å². The van der Waals surface area contributed by atoms with Gasteiger partial charge in [-0.2, -0.15) is 0 Å². The van der Waals surface area contributed by atoms with Crippen LogP contribution in [0.3, 0.4) is 0 Å². The molecule has 0 bridgehead atoms. The highest BCUT2D eigenvalue weighted by molar-refractivity contribution is 6.42. The first-order chi connectivity index (χ1) is 14.3. The number of hydrogen-bond donors (Lipinski definition) is 1. The number of benzene rings is 1. The second-order valence-corrected chi connectivity index (χ2v) is 9.22. The molecule has 2 heterocycles. The van der Waals surface area contributed by atoms with Crippen molar-refractivity contribution in [2.24, 2.45) is 11.7 Å². The Labute approximate surface area is 213 Å². The first kappa shape index (κ1) is 29.3. The highest BCUT2D eigenvalue weighted by Crippen LogP contribution is 2.30. The van der Waals surface area contributed by atoms with E-state index in [1.165, 1.54) is 0 Å². The minimum atomic E-state index is -0.0805. The van der Waals surface area contributed by atoms with Gasteiger partial charge in [0.25, 0.3) is 0 Å². The fraction of sp³-hybridized carbons (Fsp3) is 0.636. The number of nitrogens with zero attached hydrogens (tertiary/aromatic N) is 3. The number of amides is 2. The van der Waals surface area contributed by atoms with E-state index in [0.717, 1.165) is 44.6 Å². The second kappa shape index (κ2) is 13.8. The summed E-state index contributed by atoms with van der Waals surface area (Å²) in [5.74, 6) is 0.101. The third kappa shape index (κ3) is 7.93. The summed E-state index contributed by atoms with van der Waals surface area (Å²) in [6.45, 7) is 6.46. The third-order valence-electron chi connectivity index (χ3n) is 6.26. The molecule has 2 amide bonds. The molecule has 0 aliphatic carbocycles. The molecule has 0 spiro atoms. The SMILES string of the molecule is CC(=O)N1CCC(C(=O)N(CCCN2CCC(N)CC2)c2ccc(Cl)c(Cl)c2)CC1.Cl.Cl. The molecule has 2 aliphatic rings. The van der Waals surface area contributed by atoms with E-state index in [1.807, 2.05) is 15.9 Å². The molecule has 0 aromatic heterocycles. The summed E-state index contributed by atoms with van der Waals surface area (Å²) in [5, 5.41) is 0.927. The first-order valence-electron chi connectivity index (χ1n) is 10.8. The molecule has 0 radical (unpaired) electrons. The molecule has 0 saturated carbocycles. The summed E-state index contributed by atoms with van der Waals surface area (Å²) < 4.78 is 0. The molecule has 32 heavy (non-hydrogen) atoms. The van der Waals surface area contributed by atoms with Gasteiger partial charge in [-0.1, -0.05) is 23.2 Å². The standard InChI is InChI=1S/C22H32Cl2N4O2.2ClH/c1-16(29)27-13-5-17(6-14-27)22(30)28(19-3-4-20(23)21(24)15-19)10-2-9-26-11-7-18(25)8-12-26;;/h3-4,15,17-18H,2,5-14,25H2,1H3;2*1H. The van der Waals surface area contributed by atoms with E-state index < -0.39 is 0 Å². The normalized spacial score (nSPS) is 17.9. The zero-order valence-corrected chi connectivity index (χ0v) is 21.6. The topological polar surface area (TPSA) is 69.9 Å². The van der Waals surface area contributed by atoms with Crippen molar-refractivity contribution in [2.75, 3.05) is 44.2 Å². The van der Waals surface area contributed by atoms with Gasteiger partial charge in [0.15, 0.2) is 0 Å². The van der Waals surface area contributed by atoms with Crippen molar-refractivity contribution >= 4 is 65.5 Å². The molecule has 182 valence electrons. The molecule has 1 aromatic rings. The molecular weight excluding hydrogens is 494 g/mol. The lowest BCUT2D eigenvalue weighted by atomic mass is 9.94. The van der Waals surface area contributed by atoms with Gasteiger partial charge in [-0.25, -0.2) is 0 Å². The lowest BCUT2D eigenvalue weighted by molar-refractivity contribution is -0.133. The number of rotatable bonds is 6. The maximum Gasteiger partial charge on any atom is 0.230 e. The van der Waals surface area contributed by atoms with Gasteiger partial charge >= 0.3 is 0 Å². The second-order valence-electron chi connectivity index (χ2n) is 8.40. The maximum atomic E-state index is 13.4. The minimum Gasteiger partial charge on any atom is -0.343 e. The molecule has 3 rings (SSSR count). The van der Waals surface area contributed by atoms with Crippen molar-refractivity contribution in [3.8, 4) is 0 Å². The Morgan fingerprint density at radius 3 is 2.22 bits per heavy atom. The predicted molar refractivity (Wildman–Crippen MR) is 137 cm³/mol. The van der Waals surface area contributed by atoms with Gasteiger partial charge < -0.3 is 20.4 Å². The first-order valence-corrected chi connectivity index (χ1v) is 11.6. The fourth-order valence-corrected chi connectivity index (χ4v) is 4.60. The number of anilines is 1. The molecule has 6 nitrogen and oxygen atoms in total. The molecule has 2 saturated heterocycles. The Bertz CT molecular complexity index is 751. The van der Waals surface area contributed by atoms with Gasteiger partial charge in [-0.15, -0.1) is 24.8 Å². The van der Waals surface area contributed by atoms with Crippen LogP contribution in [0, 0.1) is 5.92 Å². The summed E-state index contributed by atoms with van der Waals surface area (Å²) in [6, 6.07) is 5.68. The molecular formula is C22H34Cl4N4O2. The van der Waals surface area contributed by atoms with Gasteiger partial charge in [0.2, 0.25) is 11.8 Å². The number of carbonyl (C=O) groups is 2. The molecule has 2 fully saturated rings. The van der Waals surface area contributed by atoms with Crippen molar-refractivity contribution in [1.29, 1.82) is 0 Å². The lowest BCUT2D eigenvalue weighted by Crippen LogP contribution is -2.45. The smallest absolute Gasteiger partial charge is 0.230 e. The predicted octanol–water partition coefficient (Wildman–Crippen LogP) is 4.24. The van der Waals surface area contributed by atoms with E-state index in [4.69, 9.17) is 28.9 Å². The number of carbonyl (C=O) groups excluding carboxylic acids is 2. The lowest BCUT2D eigenvalue weighted by Gasteiger charge is -2.35. The summed E-state index contributed by atoms with van der Waals surface area (Å²) in [4.78, 5) is 31.1. The van der Waals surface area contributed by atoms with Crippen LogP contribution in [0.1, 0.15) is 39.0 Å². The largest absolute Gasteiger partial charge is 0.343 e. The Kier molecular flexibility index (Phi) is 12.6. The number of hydrogen-bond acceptors (Lipinski definition) is 4. The summed E-state index contributed by atoms with van der Waals surface area (Å²) in [6.07, 6.45) is 4.34. The van der Waals surface area contributed by atoms with Crippen LogP contribution in [0.4, 0.5) is 5.69 Å². The van der Waals surface area contributed by atoms with E-state index in [9.17, 15) is 9.59 Å². The zero-order valence-electron chi connectivity index (χ0n) is 18.5. The molecule has 0 unspecified atom stereocenters. The van der Waals surface area contributed by atoms with Crippen LogP contribution in [0.25, 0.3) is 0 Å². The van der Waals surface area contributed by atoms with E-state index >= 15 is 0 Å². The molecule has 1 aromatic carbocycles. The van der Waals surface area contributed by atoms with E-state index in [1.54, 1.807) is 19.1 Å². The van der Waals surface area contributed by atoms with Crippen LogP contribution in [-0.2, 0) is 9.59 Å². The number of nitrogens with two attached hydrogens (primary N) is 1. The molecule has 2 N–H and O–H groups in total. The van der Waals surface area contributed by atoms with E-state index in [2.05, 4.69) is 4.90 Å². The molecule has 0 atom stereocenters. The highest BCUT2D eigenvalue weighted by atomic mass is 35.5. The average Bonchev–Trinajstić information content (AvgIpc) is 2.74.